The average molecular weight is 454 g/mol. The standard InChI is InChI=1S/C16H16BrN5O4S/c1-8-5-6-11(14(23)26-4)12(17)13(8)21-27(24,25)16-19-15-18-9(2)7-10(3)22(15)20-16/h5-7,21H,1-4H3. The SMILES string of the molecule is COC(=O)c1ccc(C)c(NS(=O)(=O)c2nc3nc(C)cc(C)n3n2)c1Br. The molecular formula is C16H16BrN5O4S. The highest BCUT2D eigenvalue weighted by atomic mass is 79.9. The van der Waals surface area contributed by atoms with E-state index in [9.17, 15) is 13.2 Å². The number of esters is 1. The molecule has 0 saturated carbocycles. The van der Waals surface area contributed by atoms with Crippen LogP contribution in [0.4, 0.5) is 5.69 Å². The van der Waals surface area contributed by atoms with Crippen LogP contribution in [0.1, 0.15) is 27.3 Å². The van der Waals surface area contributed by atoms with Gasteiger partial charge in [-0.2, -0.15) is 13.4 Å². The van der Waals surface area contributed by atoms with Crippen molar-refractivity contribution in [1.82, 2.24) is 19.6 Å². The van der Waals surface area contributed by atoms with Crippen molar-refractivity contribution in [3.63, 3.8) is 0 Å². The fourth-order valence-corrected chi connectivity index (χ4v) is 4.36. The quantitative estimate of drug-likeness (QED) is 0.602. The summed E-state index contributed by atoms with van der Waals surface area (Å²) in [5.41, 5.74) is 2.41. The monoisotopic (exact) mass is 453 g/mol. The van der Waals surface area contributed by atoms with E-state index in [1.54, 1.807) is 39.0 Å². The van der Waals surface area contributed by atoms with Gasteiger partial charge in [0, 0.05) is 11.4 Å². The number of sulfonamides is 1. The summed E-state index contributed by atoms with van der Waals surface area (Å²) < 4.78 is 34.4. The maximum atomic E-state index is 12.8. The summed E-state index contributed by atoms with van der Waals surface area (Å²) in [7, 11) is -2.87. The number of carbonyl (C=O) groups excluding carboxylic acids is 1. The maximum Gasteiger partial charge on any atom is 0.339 e. The normalized spacial score (nSPS) is 11.6. The third kappa shape index (κ3) is 3.52. The molecular weight excluding hydrogens is 438 g/mol. The molecule has 1 aromatic carbocycles. The number of halogens is 1. The molecule has 3 aromatic rings. The summed E-state index contributed by atoms with van der Waals surface area (Å²) in [6.07, 6.45) is 0. The van der Waals surface area contributed by atoms with Crippen molar-refractivity contribution in [2.45, 2.75) is 25.9 Å². The van der Waals surface area contributed by atoms with Crippen LogP contribution in [0.5, 0.6) is 0 Å². The van der Waals surface area contributed by atoms with Crippen LogP contribution in [-0.4, -0.2) is 41.1 Å². The highest BCUT2D eigenvalue weighted by Crippen LogP contribution is 2.32. The number of anilines is 1. The molecule has 0 fully saturated rings. The molecule has 9 nitrogen and oxygen atoms in total. The molecule has 2 heterocycles. The Bertz CT molecular complexity index is 1170. The van der Waals surface area contributed by atoms with E-state index >= 15 is 0 Å². The summed E-state index contributed by atoms with van der Waals surface area (Å²) >= 11 is 3.27. The van der Waals surface area contributed by atoms with E-state index < -0.39 is 21.1 Å². The van der Waals surface area contributed by atoms with Crippen LogP contribution in [-0.2, 0) is 14.8 Å². The molecule has 2 aromatic heterocycles. The Morgan fingerprint density at radius 1 is 1.22 bits per heavy atom. The number of hydrogen-bond donors (Lipinski definition) is 1. The average Bonchev–Trinajstić information content (AvgIpc) is 3.03. The second kappa shape index (κ2) is 6.89. The van der Waals surface area contributed by atoms with Crippen molar-refractivity contribution in [2.75, 3.05) is 11.8 Å². The van der Waals surface area contributed by atoms with Gasteiger partial charge in [-0.15, -0.1) is 5.10 Å². The first-order valence-electron chi connectivity index (χ1n) is 7.75. The van der Waals surface area contributed by atoms with E-state index in [2.05, 4.69) is 35.7 Å². The number of methoxy groups -OCH3 is 1. The molecule has 0 amide bonds. The number of nitrogens with zero attached hydrogens (tertiary/aromatic N) is 4. The summed E-state index contributed by atoms with van der Waals surface area (Å²) in [6.45, 7) is 5.27. The highest BCUT2D eigenvalue weighted by molar-refractivity contribution is 9.10. The van der Waals surface area contributed by atoms with Crippen molar-refractivity contribution < 1.29 is 17.9 Å². The Balaban J connectivity index is 2.08. The fraction of sp³-hybridized carbons (Fsp3) is 0.250. The Morgan fingerprint density at radius 2 is 1.93 bits per heavy atom. The number of aryl methyl sites for hydroxylation is 3. The zero-order valence-corrected chi connectivity index (χ0v) is 17.3. The first-order chi connectivity index (χ1) is 12.6. The summed E-state index contributed by atoms with van der Waals surface area (Å²) in [5.74, 6) is -0.407. The molecule has 0 aliphatic rings. The van der Waals surface area contributed by atoms with Crippen molar-refractivity contribution >= 4 is 43.4 Å². The molecule has 27 heavy (non-hydrogen) atoms. The lowest BCUT2D eigenvalue weighted by molar-refractivity contribution is 0.0599. The van der Waals surface area contributed by atoms with Gasteiger partial charge < -0.3 is 4.74 Å². The van der Waals surface area contributed by atoms with Gasteiger partial charge in [0.1, 0.15) is 0 Å². The number of aromatic nitrogens is 4. The first-order valence-corrected chi connectivity index (χ1v) is 10.0. The minimum atomic E-state index is -4.11. The van der Waals surface area contributed by atoms with Crippen LogP contribution in [0.3, 0.4) is 0 Å². The van der Waals surface area contributed by atoms with Crippen molar-refractivity contribution in [1.29, 1.82) is 0 Å². The van der Waals surface area contributed by atoms with Crippen LogP contribution in [0.15, 0.2) is 27.8 Å². The molecule has 0 aliphatic heterocycles. The number of rotatable bonds is 4. The lowest BCUT2D eigenvalue weighted by Gasteiger charge is -2.13. The van der Waals surface area contributed by atoms with Crippen LogP contribution in [0, 0.1) is 20.8 Å². The van der Waals surface area contributed by atoms with Crippen LogP contribution < -0.4 is 4.72 Å². The van der Waals surface area contributed by atoms with Gasteiger partial charge in [0.15, 0.2) is 0 Å². The molecule has 3 rings (SSSR count). The van der Waals surface area contributed by atoms with Gasteiger partial charge in [0.05, 0.1) is 22.8 Å². The number of benzene rings is 1. The topological polar surface area (TPSA) is 116 Å². The Kier molecular flexibility index (Phi) is 4.91. The molecule has 142 valence electrons. The smallest absolute Gasteiger partial charge is 0.339 e. The molecule has 0 unspecified atom stereocenters. The van der Waals surface area contributed by atoms with Gasteiger partial charge in [-0.1, -0.05) is 6.07 Å². The van der Waals surface area contributed by atoms with Gasteiger partial charge in [-0.3, -0.25) is 4.72 Å². The predicted molar refractivity (Wildman–Crippen MR) is 101 cm³/mol. The minimum absolute atomic E-state index is 0.187. The zero-order valence-electron chi connectivity index (χ0n) is 14.9. The van der Waals surface area contributed by atoms with E-state index in [0.717, 1.165) is 0 Å². The number of nitrogens with one attached hydrogen (secondary N) is 1. The van der Waals surface area contributed by atoms with E-state index in [1.165, 1.54) is 11.6 Å². The lowest BCUT2D eigenvalue weighted by atomic mass is 10.1. The molecule has 0 bridgehead atoms. The van der Waals surface area contributed by atoms with Gasteiger partial charge >= 0.3 is 5.97 Å². The molecule has 0 radical (unpaired) electrons. The second-order valence-electron chi connectivity index (χ2n) is 5.86. The van der Waals surface area contributed by atoms with Crippen LogP contribution in [0.25, 0.3) is 5.78 Å². The number of ether oxygens (including phenoxy) is 1. The number of hydrogen-bond acceptors (Lipinski definition) is 7. The first kappa shape index (κ1) is 19.2. The van der Waals surface area contributed by atoms with Gasteiger partial charge in [-0.25, -0.2) is 14.3 Å². The van der Waals surface area contributed by atoms with Gasteiger partial charge in [0.25, 0.3) is 21.0 Å². The predicted octanol–water partition coefficient (Wildman–Crippen LogP) is 2.40. The summed E-state index contributed by atoms with van der Waals surface area (Å²) in [4.78, 5) is 20.1. The summed E-state index contributed by atoms with van der Waals surface area (Å²) in [5, 5.41) is 3.62. The molecule has 0 saturated heterocycles. The largest absolute Gasteiger partial charge is 0.465 e. The van der Waals surface area contributed by atoms with Crippen molar-refractivity contribution in [3.8, 4) is 0 Å². The molecule has 0 spiro atoms. The molecule has 0 atom stereocenters. The van der Waals surface area contributed by atoms with Crippen molar-refractivity contribution in [3.05, 3.63) is 45.2 Å². The minimum Gasteiger partial charge on any atom is -0.465 e. The number of carbonyl (C=O) groups is 1. The Morgan fingerprint density at radius 3 is 2.59 bits per heavy atom. The second-order valence-corrected chi connectivity index (χ2v) is 8.23. The molecule has 0 aliphatic carbocycles. The lowest BCUT2D eigenvalue weighted by Crippen LogP contribution is -2.17. The fourth-order valence-electron chi connectivity index (χ4n) is 2.51. The molecule has 1 N–H and O–H groups in total. The maximum absolute atomic E-state index is 12.8. The summed E-state index contributed by atoms with van der Waals surface area (Å²) in [6, 6.07) is 4.93. The molecule has 11 heteroatoms. The van der Waals surface area contributed by atoms with E-state index in [4.69, 9.17) is 4.74 Å². The highest BCUT2D eigenvalue weighted by Gasteiger charge is 2.25. The number of fused-ring (bicyclic) bond motifs is 1. The van der Waals surface area contributed by atoms with E-state index in [-0.39, 0.29) is 21.5 Å². The van der Waals surface area contributed by atoms with Crippen LogP contribution >= 0.6 is 15.9 Å². The third-order valence-corrected chi connectivity index (χ3v) is 5.78. The third-order valence-electron chi connectivity index (χ3n) is 3.83. The van der Waals surface area contributed by atoms with Crippen LogP contribution in [0.2, 0.25) is 0 Å². The van der Waals surface area contributed by atoms with Gasteiger partial charge in [0.2, 0.25) is 0 Å². The van der Waals surface area contributed by atoms with Gasteiger partial charge in [-0.05, 0) is 54.4 Å². The Hall–Kier alpha value is -2.53. The van der Waals surface area contributed by atoms with Crippen molar-refractivity contribution in [2.24, 2.45) is 0 Å². The Labute approximate surface area is 164 Å². The van der Waals surface area contributed by atoms with E-state index in [0.29, 0.717) is 17.0 Å². The zero-order chi connectivity index (χ0) is 19.9. The van der Waals surface area contributed by atoms with E-state index in [1.807, 2.05) is 0 Å².